The highest BCUT2D eigenvalue weighted by atomic mass is 16.6. The van der Waals surface area contributed by atoms with Crippen LogP contribution in [0.25, 0.3) is 0 Å². The molecule has 1 saturated carbocycles. The van der Waals surface area contributed by atoms with Crippen LogP contribution in [-0.4, -0.2) is 32.8 Å². The number of amides is 1. The number of benzene rings is 2. The van der Waals surface area contributed by atoms with Crippen molar-refractivity contribution in [1.82, 2.24) is 5.32 Å². The predicted octanol–water partition coefficient (Wildman–Crippen LogP) is 3.64. The molecule has 1 fully saturated rings. The fourth-order valence-corrected chi connectivity index (χ4v) is 4.29. The number of carbonyl (C=O) groups excluding carboxylic acids is 1. The number of carbonyl (C=O) groups is 1. The first-order chi connectivity index (χ1) is 13.7. The minimum absolute atomic E-state index is 0.0279. The van der Waals surface area contributed by atoms with E-state index in [1.807, 2.05) is 30.3 Å². The van der Waals surface area contributed by atoms with Gasteiger partial charge in [0.2, 0.25) is 5.91 Å². The van der Waals surface area contributed by atoms with Crippen LogP contribution in [0.4, 0.5) is 0 Å². The van der Waals surface area contributed by atoms with E-state index in [0.717, 1.165) is 35.7 Å². The van der Waals surface area contributed by atoms with E-state index in [4.69, 9.17) is 14.2 Å². The maximum Gasteiger partial charge on any atom is 0.224 e. The minimum Gasteiger partial charge on any atom is -0.497 e. The van der Waals surface area contributed by atoms with Crippen molar-refractivity contribution < 1.29 is 19.0 Å². The molecule has 0 radical (unpaired) electrons. The molecule has 1 amide bonds. The quantitative estimate of drug-likeness (QED) is 0.830. The Balaban J connectivity index is 1.45. The molecule has 148 valence electrons. The largest absolute Gasteiger partial charge is 0.497 e. The molecule has 5 nitrogen and oxygen atoms in total. The molecule has 5 heteroatoms. The number of hydrogen-bond acceptors (Lipinski definition) is 4. The molecule has 4 rings (SSSR count). The lowest BCUT2D eigenvalue weighted by Gasteiger charge is -2.31. The highest BCUT2D eigenvalue weighted by Gasteiger charge is 2.36. The lowest BCUT2D eigenvalue weighted by molar-refractivity contribution is -0.120. The molecule has 28 heavy (non-hydrogen) atoms. The molecule has 0 unspecified atom stereocenters. The number of methoxy groups -OCH3 is 1. The predicted molar refractivity (Wildman–Crippen MR) is 107 cm³/mol. The Morgan fingerprint density at radius 1 is 1.07 bits per heavy atom. The van der Waals surface area contributed by atoms with Gasteiger partial charge in [0, 0.05) is 12.0 Å². The van der Waals surface area contributed by atoms with Crippen LogP contribution < -0.4 is 19.5 Å². The first kappa shape index (κ1) is 18.7. The van der Waals surface area contributed by atoms with Crippen LogP contribution in [0.2, 0.25) is 0 Å². The fraction of sp³-hybridized carbons (Fsp3) is 0.435. The summed E-state index contributed by atoms with van der Waals surface area (Å²) in [4.78, 5) is 12.6. The lowest BCUT2D eigenvalue weighted by atomic mass is 9.78. The molecule has 0 bridgehead atoms. The van der Waals surface area contributed by atoms with Crippen molar-refractivity contribution in [1.29, 1.82) is 0 Å². The summed E-state index contributed by atoms with van der Waals surface area (Å²) in [5, 5.41) is 3.18. The van der Waals surface area contributed by atoms with Crippen LogP contribution in [0.5, 0.6) is 17.2 Å². The SMILES string of the molecule is COc1cccc(CC(=O)NCC2(c3ccc4c(c3)OCCO4)CCCC2)c1. The summed E-state index contributed by atoms with van der Waals surface area (Å²) in [7, 11) is 1.64. The van der Waals surface area contributed by atoms with Crippen LogP contribution in [0.1, 0.15) is 36.8 Å². The molecule has 0 saturated heterocycles. The van der Waals surface area contributed by atoms with Gasteiger partial charge in [-0.05, 0) is 48.2 Å². The molecule has 0 atom stereocenters. The summed E-state index contributed by atoms with van der Waals surface area (Å²) in [5.74, 6) is 2.44. The van der Waals surface area contributed by atoms with Crippen molar-refractivity contribution in [3.05, 3.63) is 53.6 Å². The zero-order valence-electron chi connectivity index (χ0n) is 16.3. The second-order valence-electron chi connectivity index (χ2n) is 7.65. The molecule has 1 aliphatic heterocycles. The normalized spacial score (nSPS) is 17.2. The van der Waals surface area contributed by atoms with E-state index >= 15 is 0 Å². The monoisotopic (exact) mass is 381 g/mol. The minimum atomic E-state index is -0.0279. The van der Waals surface area contributed by atoms with Crippen molar-refractivity contribution in [3.8, 4) is 17.2 Å². The summed E-state index contributed by atoms with van der Waals surface area (Å²) < 4.78 is 16.7. The third kappa shape index (κ3) is 3.93. The third-order valence-electron chi connectivity index (χ3n) is 5.84. The van der Waals surface area contributed by atoms with Gasteiger partial charge in [-0.2, -0.15) is 0 Å². The zero-order valence-corrected chi connectivity index (χ0v) is 16.3. The average Bonchev–Trinajstić information content (AvgIpc) is 3.22. The van der Waals surface area contributed by atoms with E-state index in [0.29, 0.717) is 26.2 Å². The Kier molecular flexibility index (Phi) is 5.42. The van der Waals surface area contributed by atoms with Gasteiger partial charge in [-0.3, -0.25) is 4.79 Å². The molecule has 1 N–H and O–H groups in total. The molecule has 0 spiro atoms. The van der Waals surface area contributed by atoms with E-state index in [-0.39, 0.29) is 11.3 Å². The van der Waals surface area contributed by atoms with Crippen LogP contribution >= 0.6 is 0 Å². The summed E-state index contributed by atoms with van der Waals surface area (Å²) in [6.45, 7) is 1.83. The van der Waals surface area contributed by atoms with Crippen molar-refractivity contribution in [2.24, 2.45) is 0 Å². The number of nitrogens with one attached hydrogen (secondary N) is 1. The number of rotatable bonds is 6. The summed E-state index contributed by atoms with van der Waals surface area (Å²) in [6, 6.07) is 13.9. The summed E-state index contributed by atoms with van der Waals surface area (Å²) in [6.07, 6.45) is 4.87. The third-order valence-corrected chi connectivity index (χ3v) is 5.84. The van der Waals surface area contributed by atoms with Gasteiger partial charge in [-0.15, -0.1) is 0 Å². The number of fused-ring (bicyclic) bond motifs is 1. The number of hydrogen-bond donors (Lipinski definition) is 1. The van der Waals surface area contributed by atoms with E-state index in [1.54, 1.807) is 7.11 Å². The van der Waals surface area contributed by atoms with E-state index in [2.05, 4.69) is 17.4 Å². The van der Waals surface area contributed by atoms with Gasteiger partial charge in [0.1, 0.15) is 19.0 Å². The molecule has 1 aliphatic carbocycles. The fourth-order valence-electron chi connectivity index (χ4n) is 4.29. The Morgan fingerprint density at radius 3 is 2.64 bits per heavy atom. The first-order valence-electron chi connectivity index (χ1n) is 9.98. The van der Waals surface area contributed by atoms with Crippen LogP contribution in [0.3, 0.4) is 0 Å². The zero-order chi connectivity index (χ0) is 19.4. The maximum atomic E-state index is 12.6. The Morgan fingerprint density at radius 2 is 1.86 bits per heavy atom. The Hall–Kier alpha value is -2.69. The smallest absolute Gasteiger partial charge is 0.224 e. The van der Waals surface area contributed by atoms with Gasteiger partial charge < -0.3 is 19.5 Å². The van der Waals surface area contributed by atoms with Gasteiger partial charge in [-0.25, -0.2) is 0 Å². The molecular weight excluding hydrogens is 354 g/mol. The average molecular weight is 381 g/mol. The summed E-state index contributed by atoms with van der Waals surface area (Å²) >= 11 is 0. The Labute approximate surface area is 166 Å². The molecule has 2 aromatic rings. The number of ether oxygens (including phenoxy) is 3. The topological polar surface area (TPSA) is 56.8 Å². The molecule has 1 heterocycles. The molecule has 2 aromatic carbocycles. The maximum absolute atomic E-state index is 12.6. The standard InChI is InChI=1S/C23H27NO4/c1-26-19-6-4-5-17(13-19)14-22(25)24-16-23(9-2-3-10-23)18-7-8-20-21(15-18)28-12-11-27-20/h4-8,13,15H,2-3,9-12,14,16H2,1H3,(H,24,25). The summed E-state index contributed by atoms with van der Waals surface area (Å²) in [5.41, 5.74) is 2.16. The Bertz CT molecular complexity index is 842. The van der Waals surface area contributed by atoms with Gasteiger partial charge in [-0.1, -0.05) is 31.0 Å². The van der Waals surface area contributed by atoms with E-state index in [9.17, 15) is 4.79 Å². The van der Waals surface area contributed by atoms with Crippen LogP contribution in [-0.2, 0) is 16.6 Å². The second-order valence-corrected chi connectivity index (χ2v) is 7.65. The van der Waals surface area contributed by atoms with Crippen molar-refractivity contribution in [2.75, 3.05) is 26.9 Å². The van der Waals surface area contributed by atoms with E-state index in [1.165, 1.54) is 18.4 Å². The molecule has 2 aliphatic rings. The first-order valence-corrected chi connectivity index (χ1v) is 9.98. The van der Waals surface area contributed by atoms with Crippen LogP contribution in [0.15, 0.2) is 42.5 Å². The molecule has 0 aromatic heterocycles. The van der Waals surface area contributed by atoms with Crippen molar-refractivity contribution >= 4 is 5.91 Å². The lowest BCUT2D eigenvalue weighted by Crippen LogP contribution is -2.39. The van der Waals surface area contributed by atoms with Gasteiger partial charge in [0.05, 0.1) is 13.5 Å². The molecular formula is C23H27NO4. The van der Waals surface area contributed by atoms with Crippen molar-refractivity contribution in [2.45, 2.75) is 37.5 Å². The highest BCUT2D eigenvalue weighted by molar-refractivity contribution is 5.78. The second kappa shape index (κ2) is 8.13. The van der Waals surface area contributed by atoms with Gasteiger partial charge in [0.15, 0.2) is 11.5 Å². The highest BCUT2D eigenvalue weighted by Crippen LogP contribution is 2.43. The van der Waals surface area contributed by atoms with E-state index < -0.39 is 0 Å². The van der Waals surface area contributed by atoms with Gasteiger partial charge in [0.25, 0.3) is 0 Å². The van der Waals surface area contributed by atoms with Crippen LogP contribution in [0, 0.1) is 0 Å². The van der Waals surface area contributed by atoms with Gasteiger partial charge >= 0.3 is 0 Å². The van der Waals surface area contributed by atoms with Crippen molar-refractivity contribution in [3.63, 3.8) is 0 Å².